The van der Waals surface area contributed by atoms with Crippen LogP contribution in [0.1, 0.15) is 25.7 Å². The average Bonchev–Trinajstić information content (AvgIpc) is 3.32. The highest BCUT2D eigenvalue weighted by Gasteiger charge is 2.41. The molecule has 0 radical (unpaired) electrons. The van der Waals surface area contributed by atoms with Crippen LogP contribution < -0.4 is 4.90 Å². The molecule has 2 aliphatic rings. The van der Waals surface area contributed by atoms with Crippen molar-refractivity contribution >= 4 is 43.4 Å². The maximum atomic E-state index is 12.3. The summed E-state index contributed by atoms with van der Waals surface area (Å²) >= 11 is 9.41. The third-order valence-electron chi connectivity index (χ3n) is 4.41. The molecular weight excluding hydrogens is 390 g/mol. The van der Waals surface area contributed by atoms with E-state index >= 15 is 0 Å². The molecule has 0 aromatic carbocycles. The molecule has 1 saturated heterocycles. The van der Waals surface area contributed by atoms with Crippen LogP contribution in [0.3, 0.4) is 0 Å². The molecule has 1 aliphatic carbocycles. The van der Waals surface area contributed by atoms with E-state index in [1.165, 1.54) is 0 Å². The van der Waals surface area contributed by atoms with E-state index in [-0.39, 0.29) is 11.3 Å². The summed E-state index contributed by atoms with van der Waals surface area (Å²) in [6.07, 6.45) is 4.90. The Morgan fingerprint density at radius 3 is 2.50 bits per heavy atom. The van der Waals surface area contributed by atoms with Crippen molar-refractivity contribution in [3.05, 3.63) is 21.8 Å². The normalized spacial score (nSPS) is 20.6. The summed E-state index contributed by atoms with van der Waals surface area (Å²) < 4.78 is 27.1. The molecule has 0 unspecified atom stereocenters. The Morgan fingerprint density at radius 2 is 1.95 bits per heavy atom. The maximum Gasteiger partial charge on any atom is 0.216 e. The summed E-state index contributed by atoms with van der Waals surface area (Å²) in [5, 5.41) is 0.461. The highest BCUT2D eigenvalue weighted by atomic mass is 79.9. The quantitative estimate of drug-likeness (QED) is 0.769. The molecule has 2 heterocycles. The van der Waals surface area contributed by atoms with Gasteiger partial charge in [-0.05, 0) is 47.7 Å². The number of nitrogens with zero attached hydrogens (tertiary/aromatic N) is 3. The van der Waals surface area contributed by atoms with Gasteiger partial charge in [0.05, 0.1) is 14.7 Å². The van der Waals surface area contributed by atoms with E-state index in [1.54, 1.807) is 17.5 Å². The number of hydrogen-bond acceptors (Lipinski definition) is 4. The van der Waals surface area contributed by atoms with Crippen LogP contribution in [0.4, 0.5) is 5.82 Å². The van der Waals surface area contributed by atoms with Crippen molar-refractivity contribution < 1.29 is 8.42 Å². The third kappa shape index (κ3) is 3.27. The first-order valence-electron chi connectivity index (χ1n) is 7.42. The predicted molar refractivity (Wildman–Crippen MR) is 91.9 cm³/mol. The molecule has 1 aromatic rings. The fourth-order valence-electron chi connectivity index (χ4n) is 2.89. The number of piperidine rings is 1. The number of aromatic nitrogens is 1. The highest BCUT2D eigenvalue weighted by molar-refractivity contribution is 9.10. The van der Waals surface area contributed by atoms with Crippen molar-refractivity contribution in [1.82, 2.24) is 9.29 Å². The minimum Gasteiger partial charge on any atom is -0.356 e. The Labute approximate surface area is 144 Å². The van der Waals surface area contributed by atoms with E-state index in [1.807, 2.05) is 6.07 Å². The lowest BCUT2D eigenvalue weighted by Crippen LogP contribution is -2.46. The van der Waals surface area contributed by atoms with Crippen molar-refractivity contribution in [2.75, 3.05) is 25.0 Å². The summed E-state index contributed by atoms with van der Waals surface area (Å²) in [6.45, 7) is 1.59. The van der Waals surface area contributed by atoms with E-state index in [0.29, 0.717) is 5.02 Å². The van der Waals surface area contributed by atoms with Gasteiger partial charge in [0, 0.05) is 32.4 Å². The number of pyridine rings is 1. The monoisotopic (exact) mass is 407 g/mol. The van der Waals surface area contributed by atoms with E-state index in [0.717, 1.165) is 49.1 Å². The van der Waals surface area contributed by atoms with E-state index in [2.05, 4.69) is 25.8 Å². The van der Waals surface area contributed by atoms with Gasteiger partial charge >= 0.3 is 0 Å². The number of sulfonamides is 1. The molecule has 0 atom stereocenters. The van der Waals surface area contributed by atoms with E-state index < -0.39 is 10.0 Å². The molecule has 0 N–H and O–H groups in total. The van der Waals surface area contributed by atoms with Crippen LogP contribution in [-0.4, -0.2) is 49.1 Å². The standard InChI is InChI=1S/C14H19BrClN3O2S/c1-18(22(20,21)12-2-3-12)11-4-6-19(7-5-11)14-13(15)8-10(16)9-17-14/h8-9,11-12H,2-7H2,1H3. The van der Waals surface area contributed by atoms with Gasteiger partial charge in [-0.1, -0.05) is 11.6 Å². The maximum absolute atomic E-state index is 12.3. The molecule has 2 fully saturated rings. The van der Waals surface area contributed by atoms with Gasteiger partial charge in [-0.3, -0.25) is 0 Å². The SMILES string of the molecule is CN(C1CCN(c2ncc(Cl)cc2Br)CC1)S(=O)(=O)C1CC1. The smallest absolute Gasteiger partial charge is 0.216 e. The molecule has 3 rings (SSSR count). The Hall–Kier alpha value is -0.370. The van der Waals surface area contributed by atoms with Crippen molar-refractivity contribution in [1.29, 1.82) is 0 Å². The molecule has 0 bridgehead atoms. The number of anilines is 1. The first-order chi connectivity index (χ1) is 10.4. The second-order valence-electron chi connectivity index (χ2n) is 5.94. The van der Waals surface area contributed by atoms with Crippen molar-refractivity contribution in [2.45, 2.75) is 37.0 Å². The molecule has 8 heteroatoms. The third-order valence-corrected chi connectivity index (χ3v) is 7.62. The van der Waals surface area contributed by atoms with Crippen LogP contribution in [0.25, 0.3) is 0 Å². The van der Waals surface area contributed by atoms with Crippen LogP contribution in [0.2, 0.25) is 5.02 Å². The second kappa shape index (κ2) is 6.26. The number of halogens is 2. The fourth-order valence-corrected chi connectivity index (χ4v) is 5.61. The van der Waals surface area contributed by atoms with Crippen LogP contribution in [0.15, 0.2) is 16.7 Å². The van der Waals surface area contributed by atoms with Crippen molar-refractivity contribution in [2.24, 2.45) is 0 Å². The summed E-state index contributed by atoms with van der Waals surface area (Å²) in [5.41, 5.74) is 0. The van der Waals surface area contributed by atoms with E-state index in [4.69, 9.17) is 11.6 Å². The van der Waals surface area contributed by atoms with Crippen molar-refractivity contribution in [3.63, 3.8) is 0 Å². The van der Waals surface area contributed by atoms with Gasteiger partial charge in [0.2, 0.25) is 10.0 Å². The fraction of sp³-hybridized carbons (Fsp3) is 0.643. The molecular formula is C14H19BrClN3O2S. The van der Waals surface area contributed by atoms with Gasteiger partial charge in [0.1, 0.15) is 5.82 Å². The van der Waals surface area contributed by atoms with E-state index in [9.17, 15) is 8.42 Å². The van der Waals surface area contributed by atoms with Crippen LogP contribution in [0, 0.1) is 0 Å². The largest absolute Gasteiger partial charge is 0.356 e. The molecule has 1 aromatic heterocycles. The summed E-state index contributed by atoms with van der Waals surface area (Å²) in [7, 11) is -1.36. The average molecular weight is 409 g/mol. The zero-order chi connectivity index (χ0) is 15.9. The summed E-state index contributed by atoms with van der Waals surface area (Å²) in [5.74, 6) is 0.871. The van der Waals surface area contributed by atoms with Gasteiger partial charge < -0.3 is 4.90 Å². The Balaban J connectivity index is 1.65. The summed E-state index contributed by atoms with van der Waals surface area (Å²) in [6, 6.07) is 1.92. The first-order valence-corrected chi connectivity index (χ1v) is 10.1. The lowest BCUT2D eigenvalue weighted by atomic mass is 10.1. The first kappa shape index (κ1) is 16.5. The molecule has 122 valence electrons. The topological polar surface area (TPSA) is 53.5 Å². The summed E-state index contributed by atoms with van der Waals surface area (Å²) in [4.78, 5) is 6.55. The van der Waals surface area contributed by atoms with Crippen LogP contribution >= 0.6 is 27.5 Å². The Morgan fingerprint density at radius 1 is 1.32 bits per heavy atom. The lowest BCUT2D eigenvalue weighted by molar-refractivity contribution is 0.311. The van der Waals surface area contributed by atoms with Gasteiger partial charge in [-0.15, -0.1) is 0 Å². The van der Waals surface area contributed by atoms with Crippen LogP contribution in [0.5, 0.6) is 0 Å². The molecule has 1 saturated carbocycles. The minimum absolute atomic E-state index is 0.0907. The Kier molecular flexibility index (Phi) is 4.69. The van der Waals surface area contributed by atoms with Gasteiger partial charge in [-0.25, -0.2) is 17.7 Å². The van der Waals surface area contributed by atoms with Gasteiger partial charge in [-0.2, -0.15) is 0 Å². The second-order valence-corrected chi connectivity index (χ2v) is 9.50. The Bertz CT molecular complexity index is 658. The highest BCUT2D eigenvalue weighted by Crippen LogP contribution is 2.34. The number of hydrogen-bond donors (Lipinski definition) is 0. The molecule has 0 spiro atoms. The van der Waals surface area contributed by atoms with Gasteiger partial charge in [0.15, 0.2) is 0 Å². The van der Waals surface area contributed by atoms with Crippen LogP contribution in [-0.2, 0) is 10.0 Å². The molecule has 1 aliphatic heterocycles. The predicted octanol–water partition coefficient (Wildman–Crippen LogP) is 2.89. The minimum atomic E-state index is -3.09. The lowest BCUT2D eigenvalue weighted by Gasteiger charge is -2.37. The van der Waals surface area contributed by atoms with Crippen molar-refractivity contribution in [3.8, 4) is 0 Å². The van der Waals surface area contributed by atoms with Gasteiger partial charge in [0.25, 0.3) is 0 Å². The molecule has 5 nitrogen and oxygen atoms in total. The zero-order valence-electron chi connectivity index (χ0n) is 12.4. The molecule has 0 amide bonds. The molecule has 22 heavy (non-hydrogen) atoms. The number of rotatable bonds is 4. The zero-order valence-corrected chi connectivity index (χ0v) is 15.5.